The molecule has 1 unspecified atom stereocenters. The molecule has 1 aromatic carbocycles. The minimum Gasteiger partial charge on any atom is -0.508 e. The van der Waals surface area contributed by atoms with Gasteiger partial charge in [0.2, 0.25) is 0 Å². The number of rotatable bonds is 15. The van der Waals surface area contributed by atoms with Gasteiger partial charge in [-0.05, 0) is 42.9 Å². The Labute approximate surface area is 148 Å². The van der Waals surface area contributed by atoms with Gasteiger partial charge < -0.3 is 9.90 Å². The van der Waals surface area contributed by atoms with Crippen LogP contribution >= 0.6 is 0 Å². The predicted molar refractivity (Wildman–Crippen MR) is 103 cm³/mol. The van der Waals surface area contributed by atoms with Gasteiger partial charge >= 0.3 is 0 Å². The molecule has 0 spiro atoms. The molecule has 0 aliphatic heterocycles. The lowest BCUT2D eigenvalue weighted by molar-refractivity contribution is -0.107. The van der Waals surface area contributed by atoms with E-state index >= 15 is 0 Å². The zero-order valence-electron chi connectivity index (χ0n) is 15.5. The van der Waals surface area contributed by atoms with Crippen LogP contribution in [0.1, 0.15) is 102 Å². The van der Waals surface area contributed by atoms with Crippen LogP contribution in [0.25, 0.3) is 0 Å². The molecule has 0 saturated carbocycles. The monoisotopic (exact) mass is 332 g/mol. The summed E-state index contributed by atoms with van der Waals surface area (Å²) >= 11 is 0. The quantitative estimate of drug-likeness (QED) is 0.284. The highest BCUT2D eigenvalue weighted by atomic mass is 16.3. The summed E-state index contributed by atoms with van der Waals surface area (Å²) < 4.78 is 0. The fourth-order valence-corrected chi connectivity index (χ4v) is 3.39. The predicted octanol–water partition coefficient (Wildman–Crippen LogP) is 6.77. The molecule has 1 atom stereocenters. The highest BCUT2D eigenvalue weighted by Gasteiger charge is 2.08. The molecule has 1 rings (SSSR count). The standard InChI is InChI=1S/C22H36O2/c1-2-20(21-15-17-22(24)18-16-21)14-12-10-8-6-4-3-5-7-9-11-13-19-23/h15-20,24H,2-14H2,1H3. The van der Waals surface area contributed by atoms with E-state index < -0.39 is 0 Å². The molecule has 2 nitrogen and oxygen atoms in total. The first-order valence-corrected chi connectivity index (χ1v) is 10.0. The van der Waals surface area contributed by atoms with Crippen molar-refractivity contribution in [3.8, 4) is 5.75 Å². The Morgan fingerprint density at radius 2 is 1.33 bits per heavy atom. The molecule has 0 saturated heterocycles. The number of unbranched alkanes of at least 4 members (excludes halogenated alkanes) is 10. The van der Waals surface area contributed by atoms with Crippen LogP contribution in [0.4, 0.5) is 0 Å². The number of benzene rings is 1. The Bertz CT molecular complexity index is 410. The second-order valence-corrected chi connectivity index (χ2v) is 6.98. The molecule has 0 radical (unpaired) electrons. The smallest absolute Gasteiger partial charge is 0.119 e. The molecule has 0 bridgehead atoms. The first-order chi connectivity index (χ1) is 11.8. The van der Waals surface area contributed by atoms with Crippen LogP contribution < -0.4 is 0 Å². The average Bonchev–Trinajstić information content (AvgIpc) is 2.60. The Morgan fingerprint density at radius 1 is 0.833 bits per heavy atom. The zero-order valence-corrected chi connectivity index (χ0v) is 15.5. The van der Waals surface area contributed by atoms with Gasteiger partial charge in [-0.1, -0.05) is 76.8 Å². The third-order valence-electron chi connectivity index (χ3n) is 4.98. The SMILES string of the molecule is CCC(CCCCCCCCCCCCC=O)c1ccc(O)cc1. The summed E-state index contributed by atoms with van der Waals surface area (Å²) in [5, 5.41) is 9.39. The summed E-state index contributed by atoms with van der Waals surface area (Å²) in [4.78, 5) is 10.2. The minimum atomic E-state index is 0.359. The molecule has 0 aliphatic rings. The maximum atomic E-state index is 10.2. The van der Waals surface area contributed by atoms with E-state index in [9.17, 15) is 9.90 Å². The van der Waals surface area contributed by atoms with Crippen molar-refractivity contribution in [3.63, 3.8) is 0 Å². The van der Waals surface area contributed by atoms with E-state index in [-0.39, 0.29) is 0 Å². The van der Waals surface area contributed by atoms with E-state index in [4.69, 9.17) is 0 Å². The number of hydrogen-bond donors (Lipinski definition) is 1. The fraction of sp³-hybridized carbons (Fsp3) is 0.682. The first-order valence-electron chi connectivity index (χ1n) is 10.0. The topological polar surface area (TPSA) is 37.3 Å². The van der Waals surface area contributed by atoms with Crippen molar-refractivity contribution in [1.29, 1.82) is 0 Å². The van der Waals surface area contributed by atoms with Crippen LogP contribution in [0.2, 0.25) is 0 Å². The lowest BCUT2D eigenvalue weighted by Gasteiger charge is -2.15. The van der Waals surface area contributed by atoms with E-state index in [1.54, 1.807) is 12.1 Å². The number of carbonyl (C=O) groups is 1. The van der Waals surface area contributed by atoms with Gasteiger partial charge in [0, 0.05) is 6.42 Å². The summed E-state index contributed by atoms with van der Waals surface area (Å²) in [5.74, 6) is 0.995. The van der Waals surface area contributed by atoms with Gasteiger partial charge in [-0.3, -0.25) is 0 Å². The van der Waals surface area contributed by atoms with Crippen molar-refractivity contribution < 1.29 is 9.90 Å². The van der Waals surface area contributed by atoms with Crippen molar-refractivity contribution in [2.75, 3.05) is 0 Å². The first kappa shape index (κ1) is 20.7. The van der Waals surface area contributed by atoms with Gasteiger partial charge in [-0.15, -0.1) is 0 Å². The second kappa shape index (κ2) is 14.1. The zero-order chi connectivity index (χ0) is 17.5. The van der Waals surface area contributed by atoms with Crippen LogP contribution in [0.15, 0.2) is 24.3 Å². The maximum Gasteiger partial charge on any atom is 0.119 e. The third kappa shape index (κ3) is 9.75. The van der Waals surface area contributed by atoms with Gasteiger partial charge in [0.25, 0.3) is 0 Å². The molecular formula is C22H36O2. The number of carbonyl (C=O) groups excluding carboxylic acids is 1. The molecular weight excluding hydrogens is 296 g/mol. The highest BCUT2D eigenvalue weighted by molar-refractivity contribution is 5.48. The minimum absolute atomic E-state index is 0.359. The lowest BCUT2D eigenvalue weighted by atomic mass is 9.90. The van der Waals surface area contributed by atoms with Crippen LogP contribution in [-0.4, -0.2) is 11.4 Å². The Hall–Kier alpha value is -1.31. The van der Waals surface area contributed by atoms with Crippen molar-refractivity contribution in [2.24, 2.45) is 0 Å². The van der Waals surface area contributed by atoms with Gasteiger partial charge in [0.05, 0.1) is 0 Å². The van der Waals surface area contributed by atoms with Gasteiger partial charge in [0.15, 0.2) is 0 Å². The Morgan fingerprint density at radius 3 is 1.83 bits per heavy atom. The summed E-state index contributed by atoms with van der Waals surface area (Å²) in [5.41, 5.74) is 1.37. The fourth-order valence-electron chi connectivity index (χ4n) is 3.39. The number of aldehydes is 1. The van der Waals surface area contributed by atoms with Crippen LogP contribution in [0.5, 0.6) is 5.75 Å². The van der Waals surface area contributed by atoms with Crippen molar-refractivity contribution in [1.82, 2.24) is 0 Å². The molecule has 2 heteroatoms. The molecule has 0 heterocycles. The molecule has 0 amide bonds. The van der Waals surface area contributed by atoms with Crippen LogP contribution in [0.3, 0.4) is 0 Å². The third-order valence-corrected chi connectivity index (χ3v) is 4.98. The largest absolute Gasteiger partial charge is 0.508 e. The number of phenolic OH excluding ortho intramolecular Hbond substituents is 1. The summed E-state index contributed by atoms with van der Waals surface area (Å²) in [6.07, 6.45) is 17.2. The van der Waals surface area contributed by atoms with Crippen LogP contribution in [-0.2, 0) is 4.79 Å². The molecule has 0 fully saturated rings. The molecule has 136 valence electrons. The molecule has 1 aromatic rings. The Balaban J connectivity index is 1.97. The van der Waals surface area contributed by atoms with Crippen molar-refractivity contribution in [3.05, 3.63) is 29.8 Å². The van der Waals surface area contributed by atoms with Gasteiger partial charge in [-0.2, -0.15) is 0 Å². The normalized spacial score (nSPS) is 12.2. The number of phenols is 1. The highest BCUT2D eigenvalue weighted by Crippen LogP contribution is 2.27. The summed E-state index contributed by atoms with van der Waals surface area (Å²) in [6, 6.07) is 7.74. The number of aromatic hydroxyl groups is 1. The average molecular weight is 333 g/mol. The maximum absolute atomic E-state index is 10.2. The van der Waals surface area contributed by atoms with E-state index in [0.29, 0.717) is 11.7 Å². The van der Waals surface area contributed by atoms with E-state index in [0.717, 1.165) is 19.1 Å². The molecule has 0 aromatic heterocycles. The second-order valence-electron chi connectivity index (χ2n) is 6.98. The Kier molecular flexibility index (Phi) is 12.2. The van der Waals surface area contributed by atoms with E-state index in [2.05, 4.69) is 19.1 Å². The summed E-state index contributed by atoms with van der Waals surface area (Å²) in [7, 11) is 0. The van der Waals surface area contributed by atoms with Gasteiger partial charge in [0.1, 0.15) is 12.0 Å². The molecule has 24 heavy (non-hydrogen) atoms. The summed E-state index contributed by atoms with van der Waals surface area (Å²) in [6.45, 7) is 2.26. The molecule has 1 N–H and O–H groups in total. The molecule has 0 aliphatic carbocycles. The van der Waals surface area contributed by atoms with E-state index in [1.165, 1.54) is 76.2 Å². The van der Waals surface area contributed by atoms with E-state index in [1.807, 2.05) is 0 Å². The van der Waals surface area contributed by atoms with Crippen LogP contribution in [0, 0.1) is 0 Å². The lowest BCUT2D eigenvalue weighted by Crippen LogP contribution is -1.97. The van der Waals surface area contributed by atoms with Gasteiger partial charge in [-0.25, -0.2) is 0 Å². The van der Waals surface area contributed by atoms with Crippen molar-refractivity contribution >= 4 is 6.29 Å². The number of hydrogen-bond acceptors (Lipinski definition) is 2. The van der Waals surface area contributed by atoms with Crippen molar-refractivity contribution in [2.45, 2.75) is 96.3 Å².